The summed E-state index contributed by atoms with van der Waals surface area (Å²) in [5.74, 6) is 1.51. The van der Waals surface area contributed by atoms with E-state index in [4.69, 9.17) is 25.8 Å². The van der Waals surface area contributed by atoms with E-state index < -0.39 is 0 Å². The van der Waals surface area contributed by atoms with Crippen LogP contribution in [-0.4, -0.2) is 30.7 Å². The van der Waals surface area contributed by atoms with Gasteiger partial charge in [0.05, 0.1) is 32.1 Å². The summed E-state index contributed by atoms with van der Waals surface area (Å²) < 4.78 is 17.6. The van der Waals surface area contributed by atoms with Crippen molar-refractivity contribution in [2.24, 2.45) is 0 Å². The van der Waals surface area contributed by atoms with Crippen molar-refractivity contribution >= 4 is 28.4 Å². The number of rotatable bonds is 5. The molecule has 0 amide bonds. The van der Waals surface area contributed by atoms with Gasteiger partial charge in [-0.05, 0) is 42.8 Å². The molecule has 0 saturated heterocycles. The molecule has 0 bridgehead atoms. The van der Waals surface area contributed by atoms with E-state index in [2.05, 4.69) is 4.98 Å². The van der Waals surface area contributed by atoms with Gasteiger partial charge < -0.3 is 14.2 Å². The van der Waals surface area contributed by atoms with Crippen molar-refractivity contribution in [1.29, 1.82) is 0 Å². The summed E-state index contributed by atoms with van der Waals surface area (Å²) in [7, 11) is 4.62. The molecule has 0 atom stereocenters. The van der Waals surface area contributed by atoms with Crippen molar-refractivity contribution in [2.75, 3.05) is 21.3 Å². The summed E-state index contributed by atoms with van der Waals surface area (Å²) >= 11 is 6.46. The molecule has 2 aromatic heterocycles. The lowest BCUT2D eigenvalue weighted by molar-refractivity contribution is 0.324. The normalized spacial score (nSPS) is 11.5. The molecular weight excluding hydrogens is 368 g/mol. The van der Waals surface area contributed by atoms with E-state index in [9.17, 15) is 4.79 Å². The smallest absolute Gasteiger partial charge is 0.258 e. The minimum absolute atomic E-state index is 0.190. The molecule has 0 aliphatic rings. The Hall–Kier alpha value is -2.99. The van der Waals surface area contributed by atoms with Crippen LogP contribution in [0.15, 0.2) is 41.2 Å². The Morgan fingerprint density at radius 1 is 1.07 bits per heavy atom. The van der Waals surface area contributed by atoms with Crippen LogP contribution in [0.25, 0.3) is 16.8 Å². The van der Waals surface area contributed by atoms with Crippen LogP contribution in [0.2, 0.25) is 0 Å². The number of hydrogen-bond donors (Lipinski definition) is 0. The van der Waals surface area contributed by atoms with Gasteiger partial charge in [-0.15, -0.1) is 0 Å². The highest BCUT2D eigenvalue weighted by Crippen LogP contribution is 2.39. The third-order valence-electron chi connectivity index (χ3n) is 4.11. The molecule has 3 rings (SSSR count). The lowest BCUT2D eigenvalue weighted by Gasteiger charge is -2.13. The second-order valence-corrected chi connectivity index (χ2v) is 6.20. The zero-order valence-electron chi connectivity index (χ0n) is 15.4. The molecule has 27 heavy (non-hydrogen) atoms. The monoisotopic (exact) mass is 386 g/mol. The number of aryl methyl sites for hydroxylation is 1. The first-order valence-corrected chi connectivity index (χ1v) is 8.53. The zero-order chi connectivity index (χ0) is 19.6. The topological polar surface area (TPSA) is 62.1 Å². The van der Waals surface area contributed by atoms with E-state index in [1.54, 1.807) is 38.5 Å². The summed E-state index contributed by atoms with van der Waals surface area (Å²) in [5.41, 5.74) is 2.27. The number of pyridine rings is 1. The summed E-state index contributed by atoms with van der Waals surface area (Å²) in [4.78, 5) is 16.9. The van der Waals surface area contributed by atoms with Crippen molar-refractivity contribution in [3.8, 4) is 17.2 Å². The molecule has 6 nitrogen and oxygen atoms in total. The van der Waals surface area contributed by atoms with Gasteiger partial charge in [-0.3, -0.25) is 9.20 Å². The fraction of sp³-hybridized carbons (Fsp3) is 0.200. The van der Waals surface area contributed by atoms with Crippen molar-refractivity contribution in [1.82, 2.24) is 9.38 Å². The van der Waals surface area contributed by atoms with Crippen LogP contribution < -0.4 is 19.8 Å². The van der Waals surface area contributed by atoms with Crippen LogP contribution in [0, 0.1) is 6.92 Å². The van der Waals surface area contributed by atoms with Crippen molar-refractivity contribution < 1.29 is 14.2 Å². The van der Waals surface area contributed by atoms with Crippen LogP contribution in [0.1, 0.15) is 17.0 Å². The van der Waals surface area contributed by atoms with Gasteiger partial charge in [-0.1, -0.05) is 17.7 Å². The molecule has 0 fully saturated rings. The molecule has 0 N–H and O–H groups in total. The van der Waals surface area contributed by atoms with E-state index in [0.29, 0.717) is 33.6 Å². The number of nitrogens with zero attached hydrogens (tertiary/aromatic N) is 2. The molecule has 3 aromatic rings. The molecule has 1 aromatic carbocycles. The largest absolute Gasteiger partial charge is 0.493 e. The molecular formula is C20H19ClN2O4. The van der Waals surface area contributed by atoms with Crippen LogP contribution in [0.3, 0.4) is 0 Å². The second kappa shape index (κ2) is 7.72. The van der Waals surface area contributed by atoms with E-state index in [1.165, 1.54) is 17.6 Å². The molecule has 0 aliphatic heterocycles. The second-order valence-electron chi connectivity index (χ2n) is 5.79. The van der Waals surface area contributed by atoms with Crippen LogP contribution in [0.4, 0.5) is 0 Å². The van der Waals surface area contributed by atoms with Gasteiger partial charge in [-0.2, -0.15) is 0 Å². The van der Waals surface area contributed by atoms with Crippen molar-refractivity contribution in [2.45, 2.75) is 6.92 Å². The summed E-state index contributed by atoms with van der Waals surface area (Å²) in [6.45, 7) is 1.85. The number of methoxy groups -OCH3 is 3. The minimum atomic E-state index is -0.190. The average Bonchev–Trinajstić information content (AvgIpc) is 2.66. The first kappa shape index (κ1) is 18.8. The van der Waals surface area contributed by atoms with Gasteiger partial charge in [0.25, 0.3) is 5.56 Å². The summed E-state index contributed by atoms with van der Waals surface area (Å²) in [5, 5.41) is 0.324. The first-order chi connectivity index (χ1) is 13.0. The minimum Gasteiger partial charge on any atom is -0.493 e. The van der Waals surface area contributed by atoms with Gasteiger partial charge >= 0.3 is 0 Å². The lowest BCUT2D eigenvalue weighted by Crippen LogP contribution is -2.17. The predicted octanol–water partition coefficient (Wildman–Crippen LogP) is 3.77. The van der Waals surface area contributed by atoms with E-state index in [-0.39, 0.29) is 5.56 Å². The Morgan fingerprint density at radius 2 is 1.74 bits per heavy atom. The molecule has 7 heteroatoms. The zero-order valence-corrected chi connectivity index (χ0v) is 16.2. The van der Waals surface area contributed by atoms with Gasteiger partial charge in [0, 0.05) is 11.8 Å². The SMILES string of the molecule is COc1cc(/C=C(\Cl)c2cc(=O)n3c(C)cccc3n2)cc(OC)c1OC. The van der Waals surface area contributed by atoms with Crippen molar-refractivity contribution in [3.63, 3.8) is 0 Å². The number of hydrogen-bond acceptors (Lipinski definition) is 5. The molecule has 140 valence electrons. The maximum Gasteiger partial charge on any atom is 0.258 e. The highest BCUT2D eigenvalue weighted by atomic mass is 35.5. The van der Waals surface area contributed by atoms with E-state index in [0.717, 1.165) is 11.3 Å². The molecule has 0 aliphatic carbocycles. The fourth-order valence-corrected chi connectivity index (χ4v) is 3.06. The molecule has 0 radical (unpaired) electrons. The standard InChI is InChI=1S/C20H19ClN2O4/c1-12-6-5-7-18-22-15(11-19(24)23(12)18)14(21)8-13-9-16(25-2)20(27-4)17(10-13)26-3/h5-11H,1-4H3/b14-8-. The summed E-state index contributed by atoms with van der Waals surface area (Å²) in [6, 6.07) is 10.4. The number of halogens is 1. The Labute approximate surface area is 161 Å². The Kier molecular flexibility index (Phi) is 5.37. The van der Waals surface area contributed by atoms with Gasteiger partial charge in [-0.25, -0.2) is 4.98 Å². The first-order valence-electron chi connectivity index (χ1n) is 8.15. The Bertz CT molecular complexity index is 1060. The third-order valence-corrected chi connectivity index (χ3v) is 4.41. The van der Waals surface area contributed by atoms with E-state index in [1.807, 2.05) is 19.1 Å². The maximum atomic E-state index is 12.4. The molecule has 0 saturated carbocycles. The number of aromatic nitrogens is 2. The number of fused-ring (bicyclic) bond motifs is 1. The quantitative estimate of drug-likeness (QED) is 0.668. The Balaban J connectivity index is 2.11. The van der Waals surface area contributed by atoms with E-state index >= 15 is 0 Å². The average molecular weight is 387 g/mol. The maximum absolute atomic E-state index is 12.4. The predicted molar refractivity (Wildman–Crippen MR) is 106 cm³/mol. The van der Waals surface area contributed by atoms with Gasteiger partial charge in [0.1, 0.15) is 5.65 Å². The van der Waals surface area contributed by atoms with Gasteiger partial charge in [0.15, 0.2) is 11.5 Å². The highest BCUT2D eigenvalue weighted by Gasteiger charge is 2.13. The fourth-order valence-electron chi connectivity index (χ4n) is 2.84. The molecule has 2 heterocycles. The lowest BCUT2D eigenvalue weighted by atomic mass is 10.1. The Morgan fingerprint density at radius 3 is 2.33 bits per heavy atom. The number of benzene rings is 1. The third kappa shape index (κ3) is 3.61. The van der Waals surface area contributed by atoms with Crippen LogP contribution >= 0.6 is 11.6 Å². The van der Waals surface area contributed by atoms with Gasteiger partial charge in [0.2, 0.25) is 5.75 Å². The summed E-state index contributed by atoms with van der Waals surface area (Å²) in [6.07, 6.45) is 1.69. The van der Waals surface area contributed by atoms with Crippen LogP contribution in [-0.2, 0) is 0 Å². The van der Waals surface area contributed by atoms with Crippen molar-refractivity contribution in [3.05, 3.63) is 63.7 Å². The molecule has 0 spiro atoms. The number of ether oxygens (including phenoxy) is 3. The van der Waals surface area contributed by atoms with Crippen LogP contribution in [0.5, 0.6) is 17.2 Å². The molecule has 0 unspecified atom stereocenters. The highest BCUT2D eigenvalue weighted by molar-refractivity contribution is 6.51.